The van der Waals surface area contributed by atoms with Crippen LogP contribution in [0.1, 0.15) is 49.8 Å². The highest BCUT2D eigenvalue weighted by atomic mass is 32.1. The van der Waals surface area contributed by atoms with Crippen molar-refractivity contribution in [1.82, 2.24) is 0 Å². The molecule has 0 spiro atoms. The fourth-order valence-corrected chi connectivity index (χ4v) is 3.36. The maximum Gasteiger partial charge on any atom is 0.0543 e. The Morgan fingerprint density at radius 1 is 1.31 bits per heavy atom. The molecule has 0 amide bonds. The highest BCUT2D eigenvalue weighted by molar-refractivity contribution is 7.09. The van der Waals surface area contributed by atoms with Crippen LogP contribution in [0.3, 0.4) is 0 Å². The molecule has 0 aliphatic heterocycles. The molecule has 1 fully saturated rings. The molecule has 1 N–H and O–H groups in total. The van der Waals surface area contributed by atoms with Gasteiger partial charge in [-0.25, -0.2) is 0 Å². The van der Waals surface area contributed by atoms with Gasteiger partial charge in [-0.15, -0.1) is 11.3 Å². The lowest BCUT2D eigenvalue weighted by atomic mass is 9.98. The van der Waals surface area contributed by atoms with Crippen LogP contribution in [0.5, 0.6) is 0 Å². The number of rotatable bonds is 6. The van der Waals surface area contributed by atoms with Gasteiger partial charge in [-0.3, -0.25) is 0 Å². The molecule has 0 bridgehead atoms. The molecule has 1 aromatic rings. The van der Waals surface area contributed by atoms with Gasteiger partial charge in [-0.1, -0.05) is 31.7 Å². The third kappa shape index (κ3) is 3.91. The molecule has 16 heavy (non-hydrogen) atoms. The lowest BCUT2D eigenvalue weighted by Gasteiger charge is -2.13. The largest absolute Gasteiger partial charge is 0.393 e. The monoisotopic (exact) mass is 238 g/mol. The molecule has 0 aromatic carbocycles. The van der Waals surface area contributed by atoms with Crippen LogP contribution in [0.4, 0.5) is 0 Å². The van der Waals surface area contributed by atoms with Crippen molar-refractivity contribution in [2.24, 2.45) is 5.92 Å². The van der Waals surface area contributed by atoms with E-state index in [1.165, 1.54) is 37.0 Å². The minimum atomic E-state index is -0.0808. The number of hydrogen-bond donors (Lipinski definition) is 1. The quantitative estimate of drug-likeness (QED) is 0.794. The molecule has 0 radical (unpaired) electrons. The molecule has 0 saturated heterocycles. The first-order valence-electron chi connectivity index (χ1n) is 6.55. The van der Waals surface area contributed by atoms with Gasteiger partial charge in [0, 0.05) is 4.88 Å². The van der Waals surface area contributed by atoms with E-state index in [2.05, 4.69) is 17.5 Å². The first-order valence-corrected chi connectivity index (χ1v) is 7.43. The Labute approximate surface area is 103 Å². The van der Waals surface area contributed by atoms with Crippen LogP contribution < -0.4 is 0 Å². The average Bonchev–Trinajstić information content (AvgIpc) is 2.96. The van der Waals surface area contributed by atoms with Crippen LogP contribution in [0.25, 0.3) is 0 Å². The number of aliphatic hydroxyl groups is 1. The smallest absolute Gasteiger partial charge is 0.0543 e. The Kier molecular flexibility index (Phi) is 4.86. The predicted octanol–water partition coefficient (Wildman–Crippen LogP) is 4.01. The van der Waals surface area contributed by atoms with Crippen molar-refractivity contribution in [3.8, 4) is 0 Å². The zero-order chi connectivity index (χ0) is 11.2. The maximum absolute atomic E-state index is 9.91. The molecule has 1 unspecified atom stereocenters. The van der Waals surface area contributed by atoms with Crippen LogP contribution in [0.15, 0.2) is 17.5 Å². The predicted molar refractivity (Wildman–Crippen MR) is 69.8 cm³/mol. The van der Waals surface area contributed by atoms with E-state index >= 15 is 0 Å². The molecule has 1 atom stereocenters. The van der Waals surface area contributed by atoms with E-state index in [9.17, 15) is 5.11 Å². The second kappa shape index (κ2) is 6.41. The topological polar surface area (TPSA) is 20.2 Å². The van der Waals surface area contributed by atoms with E-state index in [0.29, 0.717) is 0 Å². The summed E-state index contributed by atoms with van der Waals surface area (Å²) in [5.74, 6) is 0.913. The van der Waals surface area contributed by atoms with E-state index in [-0.39, 0.29) is 6.10 Å². The molecule has 1 nitrogen and oxygen atoms in total. The van der Waals surface area contributed by atoms with E-state index < -0.39 is 0 Å². The highest BCUT2D eigenvalue weighted by Crippen LogP contribution is 2.29. The first-order chi connectivity index (χ1) is 7.84. The summed E-state index contributed by atoms with van der Waals surface area (Å²) in [7, 11) is 0. The second-order valence-corrected chi connectivity index (χ2v) is 6.03. The minimum absolute atomic E-state index is 0.0808. The molecular weight excluding hydrogens is 216 g/mol. The summed E-state index contributed by atoms with van der Waals surface area (Å²) >= 11 is 1.80. The van der Waals surface area contributed by atoms with Gasteiger partial charge in [0.1, 0.15) is 0 Å². The molecule has 1 heterocycles. The summed E-state index contributed by atoms with van der Waals surface area (Å²) in [6, 6.07) is 4.25. The fourth-order valence-electron chi connectivity index (χ4n) is 2.64. The zero-order valence-corrected chi connectivity index (χ0v) is 10.7. The van der Waals surface area contributed by atoms with E-state index in [4.69, 9.17) is 0 Å². The number of hydrogen-bond acceptors (Lipinski definition) is 2. The molecule has 1 saturated carbocycles. The van der Waals surface area contributed by atoms with Crippen LogP contribution in [-0.4, -0.2) is 11.2 Å². The molecule has 2 rings (SSSR count). The van der Waals surface area contributed by atoms with Crippen molar-refractivity contribution in [1.29, 1.82) is 0 Å². The Morgan fingerprint density at radius 2 is 2.12 bits per heavy atom. The number of thiophene rings is 1. The summed E-state index contributed by atoms with van der Waals surface area (Å²) in [4.78, 5) is 1.40. The van der Waals surface area contributed by atoms with E-state index in [1.54, 1.807) is 11.3 Å². The Morgan fingerprint density at radius 3 is 2.81 bits per heavy atom. The van der Waals surface area contributed by atoms with Crippen LogP contribution in [0.2, 0.25) is 0 Å². The van der Waals surface area contributed by atoms with Crippen molar-refractivity contribution in [3.63, 3.8) is 0 Å². The normalized spacial score (nSPS) is 19.1. The summed E-state index contributed by atoms with van der Waals surface area (Å²) in [6.45, 7) is 0. The number of aliphatic hydroxyl groups excluding tert-OH is 1. The molecular formula is C14H22OS. The molecule has 1 aromatic heterocycles. The van der Waals surface area contributed by atoms with Gasteiger partial charge in [0.2, 0.25) is 0 Å². The molecule has 90 valence electrons. The van der Waals surface area contributed by atoms with E-state index in [0.717, 1.165) is 25.2 Å². The third-order valence-electron chi connectivity index (χ3n) is 3.69. The maximum atomic E-state index is 9.91. The SMILES string of the molecule is OC(CCc1cccs1)CCC1CCCC1. The Bertz CT molecular complexity index is 275. The van der Waals surface area contributed by atoms with Crippen molar-refractivity contribution in [2.45, 2.75) is 57.5 Å². The Hall–Kier alpha value is -0.340. The van der Waals surface area contributed by atoms with Gasteiger partial charge in [-0.2, -0.15) is 0 Å². The van der Waals surface area contributed by atoms with Gasteiger partial charge < -0.3 is 5.11 Å². The summed E-state index contributed by atoms with van der Waals surface area (Å²) in [6.07, 6.45) is 9.78. The molecule has 2 heteroatoms. The van der Waals surface area contributed by atoms with Gasteiger partial charge in [0.05, 0.1) is 6.10 Å². The number of aryl methyl sites for hydroxylation is 1. The third-order valence-corrected chi connectivity index (χ3v) is 4.62. The fraction of sp³-hybridized carbons (Fsp3) is 0.714. The van der Waals surface area contributed by atoms with Gasteiger partial charge in [0.25, 0.3) is 0 Å². The van der Waals surface area contributed by atoms with Crippen LogP contribution in [-0.2, 0) is 6.42 Å². The summed E-state index contributed by atoms with van der Waals surface area (Å²) in [5, 5.41) is 12.0. The summed E-state index contributed by atoms with van der Waals surface area (Å²) in [5.41, 5.74) is 0. The first kappa shape index (κ1) is 12.1. The van der Waals surface area contributed by atoms with Crippen molar-refractivity contribution >= 4 is 11.3 Å². The lowest BCUT2D eigenvalue weighted by Crippen LogP contribution is -2.09. The average molecular weight is 238 g/mol. The molecule has 1 aliphatic carbocycles. The van der Waals surface area contributed by atoms with Gasteiger partial charge >= 0.3 is 0 Å². The summed E-state index contributed by atoms with van der Waals surface area (Å²) < 4.78 is 0. The standard InChI is InChI=1S/C14H22OS/c15-13(8-7-12-4-1-2-5-12)9-10-14-6-3-11-16-14/h3,6,11-13,15H,1-2,4-5,7-10H2. The van der Waals surface area contributed by atoms with Crippen molar-refractivity contribution in [2.75, 3.05) is 0 Å². The highest BCUT2D eigenvalue weighted by Gasteiger charge is 2.16. The Balaban J connectivity index is 1.58. The van der Waals surface area contributed by atoms with Gasteiger partial charge in [0.15, 0.2) is 0 Å². The van der Waals surface area contributed by atoms with E-state index in [1.807, 2.05) is 0 Å². The van der Waals surface area contributed by atoms with Gasteiger partial charge in [-0.05, 0) is 43.0 Å². The van der Waals surface area contributed by atoms with Crippen LogP contribution >= 0.6 is 11.3 Å². The zero-order valence-electron chi connectivity index (χ0n) is 9.90. The second-order valence-electron chi connectivity index (χ2n) is 5.00. The lowest BCUT2D eigenvalue weighted by molar-refractivity contribution is 0.145. The minimum Gasteiger partial charge on any atom is -0.393 e. The van der Waals surface area contributed by atoms with Crippen molar-refractivity contribution in [3.05, 3.63) is 22.4 Å². The van der Waals surface area contributed by atoms with Crippen LogP contribution in [0, 0.1) is 5.92 Å². The molecule has 1 aliphatic rings. The van der Waals surface area contributed by atoms with Crippen molar-refractivity contribution < 1.29 is 5.11 Å².